The monoisotopic (exact) mass is 304 g/mol. The number of ether oxygens (including phenoxy) is 1. The Labute approximate surface area is 129 Å². The van der Waals surface area contributed by atoms with Crippen LogP contribution in [-0.4, -0.2) is 47.8 Å². The molecule has 1 aliphatic rings. The highest BCUT2D eigenvalue weighted by atomic mass is 16.5. The van der Waals surface area contributed by atoms with E-state index in [1.165, 1.54) is 11.0 Å². The minimum Gasteiger partial charge on any atom is -0.465 e. The van der Waals surface area contributed by atoms with Crippen molar-refractivity contribution in [2.45, 2.75) is 19.4 Å². The van der Waals surface area contributed by atoms with Crippen molar-refractivity contribution in [3.63, 3.8) is 0 Å². The van der Waals surface area contributed by atoms with Gasteiger partial charge in [0, 0.05) is 30.9 Å². The van der Waals surface area contributed by atoms with Crippen molar-refractivity contribution in [1.29, 1.82) is 0 Å². The van der Waals surface area contributed by atoms with Crippen LogP contribution in [-0.2, 0) is 9.53 Å². The molecular formula is C16H20N2O4. The lowest BCUT2D eigenvalue weighted by atomic mass is 10.1. The molecule has 1 aromatic rings. The van der Waals surface area contributed by atoms with Gasteiger partial charge < -0.3 is 20.1 Å². The molecule has 1 heterocycles. The molecule has 1 atom stereocenters. The van der Waals surface area contributed by atoms with E-state index in [9.17, 15) is 9.59 Å². The van der Waals surface area contributed by atoms with Crippen LogP contribution >= 0.6 is 0 Å². The summed E-state index contributed by atoms with van der Waals surface area (Å²) in [6.07, 6.45) is 3.03. The summed E-state index contributed by atoms with van der Waals surface area (Å²) < 4.78 is 4.81. The van der Waals surface area contributed by atoms with Crippen molar-refractivity contribution in [3.05, 3.63) is 35.9 Å². The second-order valence-electron chi connectivity index (χ2n) is 5.07. The number of hydrogen-bond acceptors (Lipinski definition) is 4. The highest BCUT2D eigenvalue weighted by Gasteiger charge is 2.25. The third-order valence-electron chi connectivity index (χ3n) is 3.44. The maximum Gasteiger partial charge on any atom is 0.407 e. The molecule has 0 radical (unpaired) electrons. The third-order valence-corrected chi connectivity index (χ3v) is 3.44. The zero-order valence-electron chi connectivity index (χ0n) is 12.5. The number of nitrogens with zero attached hydrogens (tertiary/aromatic N) is 1. The van der Waals surface area contributed by atoms with E-state index in [-0.39, 0.29) is 12.0 Å². The predicted octanol–water partition coefficient (Wildman–Crippen LogP) is 2.43. The number of amides is 1. The van der Waals surface area contributed by atoms with Gasteiger partial charge in [0.2, 0.25) is 0 Å². The summed E-state index contributed by atoms with van der Waals surface area (Å²) in [5.41, 5.74) is 1.84. The number of hydrogen-bond donors (Lipinski definition) is 2. The molecule has 1 saturated heterocycles. The minimum atomic E-state index is -0.872. The Morgan fingerprint density at radius 1 is 1.41 bits per heavy atom. The second-order valence-corrected chi connectivity index (χ2v) is 5.07. The number of likely N-dealkylation sites (tertiary alicyclic amines) is 1. The van der Waals surface area contributed by atoms with E-state index in [0.717, 1.165) is 17.7 Å². The van der Waals surface area contributed by atoms with Crippen LogP contribution < -0.4 is 5.32 Å². The van der Waals surface area contributed by atoms with E-state index in [2.05, 4.69) is 5.32 Å². The fraction of sp³-hybridized carbons (Fsp3) is 0.375. The van der Waals surface area contributed by atoms with Crippen molar-refractivity contribution in [3.8, 4) is 0 Å². The molecule has 2 rings (SSSR count). The zero-order chi connectivity index (χ0) is 15.9. The van der Waals surface area contributed by atoms with Crippen LogP contribution in [0.15, 0.2) is 30.3 Å². The molecule has 0 unspecified atom stereocenters. The van der Waals surface area contributed by atoms with Gasteiger partial charge in [-0.3, -0.25) is 0 Å². The van der Waals surface area contributed by atoms with Crippen molar-refractivity contribution in [2.24, 2.45) is 0 Å². The molecule has 6 heteroatoms. The van der Waals surface area contributed by atoms with Crippen LogP contribution in [0, 0.1) is 0 Å². The lowest BCUT2D eigenvalue weighted by molar-refractivity contribution is -0.137. The Kier molecular flexibility index (Phi) is 5.41. The average molecular weight is 304 g/mol. The quantitative estimate of drug-likeness (QED) is 0.645. The number of anilines is 1. The first-order chi connectivity index (χ1) is 10.6. The number of esters is 1. The van der Waals surface area contributed by atoms with Gasteiger partial charge in [0.1, 0.15) is 0 Å². The van der Waals surface area contributed by atoms with E-state index in [1.54, 1.807) is 13.0 Å². The predicted molar refractivity (Wildman–Crippen MR) is 83.7 cm³/mol. The number of carboxylic acid groups (broad SMARTS) is 1. The molecule has 22 heavy (non-hydrogen) atoms. The first-order valence-corrected chi connectivity index (χ1v) is 7.28. The molecular weight excluding hydrogens is 284 g/mol. The molecule has 1 fully saturated rings. The summed E-state index contributed by atoms with van der Waals surface area (Å²) in [6.45, 7) is 3.19. The normalized spacial score (nSPS) is 17.7. The summed E-state index contributed by atoms with van der Waals surface area (Å²) in [4.78, 5) is 23.5. The average Bonchev–Trinajstić information content (AvgIpc) is 2.96. The van der Waals surface area contributed by atoms with E-state index in [0.29, 0.717) is 19.7 Å². The Morgan fingerprint density at radius 3 is 2.73 bits per heavy atom. The Bertz CT molecular complexity index is 554. The SMILES string of the molecule is CCOC(=O)/C=C/c1ccc(N[C@@H]2CCN(C(=O)O)C2)cc1. The fourth-order valence-corrected chi connectivity index (χ4v) is 2.33. The summed E-state index contributed by atoms with van der Waals surface area (Å²) in [5.74, 6) is -0.357. The lowest BCUT2D eigenvalue weighted by Crippen LogP contribution is -2.30. The summed E-state index contributed by atoms with van der Waals surface area (Å²) >= 11 is 0. The first-order valence-electron chi connectivity index (χ1n) is 7.28. The minimum absolute atomic E-state index is 0.136. The number of benzene rings is 1. The van der Waals surface area contributed by atoms with Gasteiger partial charge in [-0.05, 0) is 37.1 Å². The van der Waals surface area contributed by atoms with E-state index >= 15 is 0 Å². The topological polar surface area (TPSA) is 78.9 Å². The maximum atomic E-state index is 11.2. The van der Waals surface area contributed by atoms with Crippen molar-refractivity contribution < 1.29 is 19.4 Å². The molecule has 2 N–H and O–H groups in total. The molecule has 0 saturated carbocycles. The van der Waals surface area contributed by atoms with Gasteiger partial charge in [0.25, 0.3) is 0 Å². The van der Waals surface area contributed by atoms with Gasteiger partial charge in [-0.2, -0.15) is 0 Å². The molecule has 0 spiro atoms. The molecule has 0 bridgehead atoms. The Balaban J connectivity index is 1.87. The number of nitrogens with one attached hydrogen (secondary N) is 1. The highest BCUT2D eigenvalue weighted by molar-refractivity contribution is 5.87. The molecule has 6 nitrogen and oxygen atoms in total. The standard InChI is InChI=1S/C16H20N2O4/c1-2-22-15(19)8-5-12-3-6-13(7-4-12)17-14-9-10-18(11-14)16(20)21/h3-8,14,17H,2,9-11H2,1H3,(H,20,21)/b8-5+/t14-/m1/s1. The second kappa shape index (κ2) is 7.49. The van der Waals surface area contributed by atoms with E-state index in [1.807, 2.05) is 24.3 Å². The van der Waals surface area contributed by atoms with Crippen LogP contribution in [0.3, 0.4) is 0 Å². The van der Waals surface area contributed by atoms with Crippen LogP contribution in [0.1, 0.15) is 18.9 Å². The maximum absolute atomic E-state index is 11.2. The van der Waals surface area contributed by atoms with Gasteiger partial charge in [-0.15, -0.1) is 0 Å². The zero-order valence-corrected chi connectivity index (χ0v) is 12.5. The Morgan fingerprint density at radius 2 is 2.14 bits per heavy atom. The van der Waals surface area contributed by atoms with Crippen molar-refractivity contribution in [2.75, 3.05) is 25.0 Å². The van der Waals surface area contributed by atoms with Crippen LogP contribution in [0.4, 0.5) is 10.5 Å². The van der Waals surface area contributed by atoms with Crippen molar-refractivity contribution >= 4 is 23.8 Å². The fourth-order valence-electron chi connectivity index (χ4n) is 2.33. The number of carbonyl (C=O) groups is 2. The molecule has 118 valence electrons. The van der Waals surface area contributed by atoms with E-state index in [4.69, 9.17) is 9.84 Å². The number of rotatable bonds is 5. The van der Waals surface area contributed by atoms with Crippen LogP contribution in [0.5, 0.6) is 0 Å². The summed E-state index contributed by atoms with van der Waals surface area (Å²) in [6, 6.07) is 7.74. The summed E-state index contributed by atoms with van der Waals surface area (Å²) in [5, 5.41) is 12.2. The van der Waals surface area contributed by atoms with Gasteiger partial charge in [-0.1, -0.05) is 12.1 Å². The molecule has 0 aliphatic carbocycles. The van der Waals surface area contributed by atoms with Gasteiger partial charge in [0.05, 0.1) is 6.61 Å². The van der Waals surface area contributed by atoms with Gasteiger partial charge in [-0.25, -0.2) is 9.59 Å². The molecule has 0 aromatic heterocycles. The number of carbonyl (C=O) groups excluding carboxylic acids is 1. The third kappa shape index (κ3) is 4.51. The van der Waals surface area contributed by atoms with Gasteiger partial charge in [0.15, 0.2) is 0 Å². The smallest absolute Gasteiger partial charge is 0.407 e. The molecule has 1 amide bonds. The highest BCUT2D eigenvalue weighted by Crippen LogP contribution is 2.17. The largest absolute Gasteiger partial charge is 0.465 e. The van der Waals surface area contributed by atoms with E-state index < -0.39 is 6.09 Å². The first kappa shape index (κ1) is 15.9. The molecule has 1 aromatic carbocycles. The summed E-state index contributed by atoms with van der Waals surface area (Å²) in [7, 11) is 0. The lowest BCUT2D eigenvalue weighted by Gasteiger charge is -2.15. The Hall–Kier alpha value is -2.50. The van der Waals surface area contributed by atoms with Crippen LogP contribution in [0.25, 0.3) is 6.08 Å². The van der Waals surface area contributed by atoms with Crippen molar-refractivity contribution in [1.82, 2.24) is 4.90 Å². The van der Waals surface area contributed by atoms with Gasteiger partial charge >= 0.3 is 12.1 Å². The van der Waals surface area contributed by atoms with Crippen LogP contribution in [0.2, 0.25) is 0 Å². The molecule has 1 aliphatic heterocycles.